The van der Waals surface area contributed by atoms with Crippen LogP contribution in [-0.2, 0) is 24.4 Å². The van der Waals surface area contributed by atoms with Crippen molar-refractivity contribution < 1.29 is 14.3 Å². The maximum absolute atomic E-state index is 12.5. The quantitative estimate of drug-likeness (QED) is 0.179. The number of piperidine rings is 2. The van der Waals surface area contributed by atoms with Gasteiger partial charge in [0.1, 0.15) is 17.3 Å². The lowest BCUT2D eigenvalue weighted by atomic mass is 10.0. The van der Waals surface area contributed by atoms with Crippen molar-refractivity contribution >= 4 is 45.6 Å². The molecule has 8 rings (SSSR count). The van der Waals surface area contributed by atoms with Crippen LogP contribution in [0.3, 0.4) is 0 Å². The minimum Gasteiger partial charge on any atom is -0.497 e. The molecular weight excluding hydrogens is 733 g/mol. The van der Waals surface area contributed by atoms with E-state index in [2.05, 4.69) is 35.4 Å². The number of anilines is 1. The highest BCUT2D eigenvalue weighted by atomic mass is 32.2. The van der Waals surface area contributed by atoms with E-state index >= 15 is 0 Å². The molecule has 0 atom stereocenters. The average molecular weight is 783 g/mol. The molecule has 16 heteroatoms. The zero-order chi connectivity index (χ0) is 39.0. The standard InChI is InChI=1S/C24H28N6O3S.C16H22N4O2/c1-33-18-3-4-19-20(12-18)30(23(32)14-26-19)11-10-29-8-6-16(7-9-29)25-13-17-2-5-21-24(27-17)28-22(31)15-34-21;1-22-13-2-3-14-15(10-13)20(16(21)11-18-14)9-8-19-6-4-12(17)5-7-19/h2-5,12,14,16,25H,6-11,13,15H2,1H3,(H,27,28,31);2-3,10-12H,4-9,17H2,1H3. The van der Waals surface area contributed by atoms with Gasteiger partial charge in [-0.3, -0.25) is 14.4 Å². The molecule has 2 aromatic carbocycles. The van der Waals surface area contributed by atoms with E-state index in [-0.39, 0.29) is 17.0 Å². The number of thioether (sulfide) groups is 1. The molecule has 6 heterocycles. The van der Waals surface area contributed by atoms with E-state index in [1.165, 1.54) is 24.2 Å². The highest BCUT2D eigenvalue weighted by Gasteiger charge is 2.21. The summed E-state index contributed by atoms with van der Waals surface area (Å²) in [6.07, 6.45) is 6.92. The van der Waals surface area contributed by atoms with Crippen LogP contribution in [0.25, 0.3) is 22.1 Å². The Morgan fingerprint density at radius 1 is 0.768 bits per heavy atom. The maximum atomic E-state index is 12.5. The number of carbonyl (C=O) groups excluding carboxylic acids is 1. The molecule has 3 aliphatic rings. The predicted molar refractivity (Wildman–Crippen MR) is 219 cm³/mol. The van der Waals surface area contributed by atoms with Gasteiger partial charge in [0.15, 0.2) is 0 Å². The van der Waals surface area contributed by atoms with Gasteiger partial charge in [0, 0.05) is 56.9 Å². The Morgan fingerprint density at radius 3 is 1.88 bits per heavy atom. The Hall–Kier alpha value is -4.87. The van der Waals surface area contributed by atoms with Gasteiger partial charge >= 0.3 is 0 Å². The number of nitrogens with one attached hydrogen (secondary N) is 2. The number of aromatic nitrogens is 5. The second-order valence-corrected chi connectivity index (χ2v) is 15.4. The summed E-state index contributed by atoms with van der Waals surface area (Å²) in [5.41, 5.74) is 9.91. The smallest absolute Gasteiger partial charge is 0.269 e. The molecule has 3 aliphatic heterocycles. The molecule has 15 nitrogen and oxygen atoms in total. The molecule has 0 aliphatic carbocycles. The molecule has 1 amide bonds. The van der Waals surface area contributed by atoms with Crippen LogP contribution in [0.2, 0.25) is 0 Å². The molecule has 56 heavy (non-hydrogen) atoms. The van der Waals surface area contributed by atoms with E-state index < -0.39 is 0 Å². The van der Waals surface area contributed by atoms with Crippen molar-refractivity contribution in [2.24, 2.45) is 5.73 Å². The van der Waals surface area contributed by atoms with Crippen LogP contribution in [-0.4, -0.2) is 111 Å². The summed E-state index contributed by atoms with van der Waals surface area (Å²) in [6.45, 7) is 7.57. The molecule has 3 aromatic heterocycles. The Bertz CT molecular complexity index is 2270. The van der Waals surface area contributed by atoms with E-state index in [1.54, 1.807) is 23.4 Å². The van der Waals surface area contributed by atoms with Crippen LogP contribution in [0.15, 0.2) is 75.4 Å². The second-order valence-electron chi connectivity index (χ2n) is 14.4. The number of amides is 1. The fourth-order valence-corrected chi connectivity index (χ4v) is 8.13. The zero-order valence-corrected chi connectivity index (χ0v) is 32.8. The highest BCUT2D eigenvalue weighted by Crippen LogP contribution is 2.29. The molecule has 296 valence electrons. The van der Waals surface area contributed by atoms with Gasteiger partial charge in [0.05, 0.1) is 65.0 Å². The zero-order valence-electron chi connectivity index (χ0n) is 32.0. The third-order valence-electron chi connectivity index (χ3n) is 10.7. The van der Waals surface area contributed by atoms with Crippen molar-refractivity contribution in [3.63, 3.8) is 0 Å². The largest absolute Gasteiger partial charge is 0.497 e. The van der Waals surface area contributed by atoms with Crippen molar-refractivity contribution in [3.8, 4) is 11.5 Å². The Kier molecular flexibility index (Phi) is 12.9. The van der Waals surface area contributed by atoms with Crippen LogP contribution >= 0.6 is 11.8 Å². The number of hydrogen-bond acceptors (Lipinski definition) is 13. The average Bonchev–Trinajstić information content (AvgIpc) is 3.22. The molecule has 0 spiro atoms. The van der Waals surface area contributed by atoms with Gasteiger partial charge in [-0.2, -0.15) is 0 Å². The third kappa shape index (κ3) is 9.73. The van der Waals surface area contributed by atoms with E-state index in [4.69, 9.17) is 15.2 Å². The molecule has 5 aromatic rings. The van der Waals surface area contributed by atoms with Crippen molar-refractivity contribution in [3.05, 3.63) is 87.3 Å². The molecule has 2 fully saturated rings. The van der Waals surface area contributed by atoms with Gasteiger partial charge < -0.3 is 44.8 Å². The summed E-state index contributed by atoms with van der Waals surface area (Å²) < 4.78 is 14.1. The van der Waals surface area contributed by atoms with Crippen molar-refractivity contribution in [1.29, 1.82) is 0 Å². The molecule has 0 unspecified atom stereocenters. The van der Waals surface area contributed by atoms with Gasteiger partial charge in [-0.25, -0.2) is 15.0 Å². The molecular formula is C40H50N10O5S. The van der Waals surface area contributed by atoms with E-state index in [9.17, 15) is 14.4 Å². The van der Waals surface area contributed by atoms with Gasteiger partial charge in [-0.05, 0) is 88.3 Å². The monoisotopic (exact) mass is 782 g/mol. The fourth-order valence-electron chi connectivity index (χ4n) is 7.37. The summed E-state index contributed by atoms with van der Waals surface area (Å²) in [5.74, 6) is 2.58. The minimum absolute atomic E-state index is 0.00337. The lowest BCUT2D eigenvalue weighted by Crippen LogP contribution is -2.43. The summed E-state index contributed by atoms with van der Waals surface area (Å²) >= 11 is 1.53. The number of nitrogens with zero attached hydrogens (tertiary/aromatic N) is 7. The molecule has 4 N–H and O–H groups in total. The Morgan fingerprint density at radius 2 is 1.32 bits per heavy atom. The first-order valence-corrected chi connectivity index (χ1v) is 20.2. The normalized spacial score (nSPS) is 16.9. The van der Waals surface area contributed by atoms with E-state index in [0.29, 0.717) is 43.3 Å². The SMILES string of the molecule is COc1ccc2ncc(=O)n(CCN3CCC(N)CC3)c2c1.COc1ccc2ncc(=O)n(CCN3CCC(NCc4ccc5c(n4)NC(=O)CS5)CC3)c2c1. The molecule has 0 radical (unpaired) electrons. The first kappa shape index (κ1) is 39.4. The van der Waals surface area contributed by atoms with E-state index in [1.807, 2.05) is 48.5 Å². The summed E-state index contributed by atoms with van der Waals surface area (Å²) in [4.78, 5) is 55.1. The van der Waals surface area contributed by atoms with Crippen LogP contribution in [0.5, 0.6) is 11.5 Å². The minimum atomic E-state index is -0.0931. The van der Waals surface area contributed by atoms with Crippen molar-refractivity contribution in [2.75, 3.05) is 64.6 Å². The van der Waals surface area contributed by atoms with Crippen LogP contribution in [0, 0.1) is 0 Å². The van der Waals surface area contributed by atoms with Crippen molar-refractivity contribution in [1.82, 2.24) is 39.2 Å². The van der Waals surface area contributed by atoms with Gasteiger partial charge in [0.25, 0.3) is 11.1 Å². The summed E-state index contributed by atoms with van der Waals surface area (Å²) in [5, 5.41) is 6.46. The van der Waals surface area contributed by atoms with Crippen LogP contribution in [0.1, 0.15) is 31.4 Å². The summed E-state index contributed by atoms with van der Waals surface area (Å²) in [6, 6.07) is 16.0. The number of rotatable bonds is 11. The number of methoxy groups -OCH3 is 2. The fraction of sp³-hybridized carbons (Fsp3) is 0.450. The van der Waals surface area contributed by atoms with Crippen LogP contribution < -0.4 is 37.0 Å². The molecule has 2 saturated heterocycles. The Balaban J connectivity index is 0.000000189. The number of ether oxygens (including phenoxy) is 2. The first-order valence-electron chi connectivity index (χ1n) is 19.2. The van der Waals surface area contributed by atoms with Gasteiger partial charge in [-0.1, -0.05) is 0 Å². The number of nitrogens with two attached hydrogens (primary N) is 1. The number of likely N-dealkylation sites (tertiary alicyclic amines) is 2. The topological polar surface area (TPSA) is 175 Å². The number of pyridine rings is 1. The lowest BCUT2D eigenvalue weighted by Gasteiger charge is -2.32. The molecule has 0 saturated carbocycles. The number of fused-ring (bicyclic) bond motifs is 3. The molecule has 0 bridgehead atoms. The second kappa shape index (κ2) is 18.4. The van der Waals surface area contributed by atoms with E-state index in [0.717, 1.165) is 109 Å². The maximum Gasteiger partial charge on any atom is 0.269 e. The van der Waals surface area contributed by atoms with Gasteiger partial charge in [-0.15, -0.1) is 11.8 Å². The first-order chi connectivity index (χ1) is 27.3. The lowest BCUT2D eigenvalue weighted by molar-refractivity contribution is -0.113. The number of hydrogen-bond donors (Lipinski definition) is 3. The number of benzene rings is 2. The predicted octanol–water partition coefficient (Wildman–Crippen LogP) is 2.93. The van der Waals surface area contributed by atoms with Crippen LogP contribution in [0.4, 0.5) is 5.82 Å². The van der Waals surface area contributed by atoms with Gasteiger partial charge in [0.2, 0.25) is 5.91 Å². The highest BCUT2D eigenvalue weighted by molar-refractivity contribution is 8.00. The Labute approximate surface area is 329 Å². The van der Waals surface area contributed by atoms with Crippen molar-refractivity contribution in [2.45, 2.75) is 62.3 Å². The number of carbonyl (C=O) groups is 1. The third-order valence-corrected chi connectivity index (χ3v) is 11.8. The summed E-state index contributed by atoms with van der Waals surface area (Å²) in [7, 11) is 3.24.